The molecule has 1 amide bonds. The highest BCUT2D eigenvalue weighted by molar-refractivity contribution is 7.80. The molecule has 0 rings (SSSR count). The van der Waals surface area contributed by atoms with Crippen molar-refractivity contribution in [3.05, 3.63) is 0 Å². The highest BCUT2D eigenvalue weighted by Gasteiger charge is 1.98. The van der Waals surface area contributed by atoms with Gasteiger partial charge in [-0.05, 0) is 19.3 Å². The summed E-state index contributed by atoms with van der Waals surface area (Å²) in [5.74, 6) is 0.859. The molecule has 0 unspecified atom stereocenters. The molecule has 0 bridgehead atoms. The smallest absolute Gasteiger partial charge is 0.220 e. The van der Waals surface area contributed by atoms with Gasteiger partial charge in [0.15, 0.2) is 0 Å². The number of nitrogens with one attached hydrogen (secondary N) is 1. The second-order valence-electron chi connectivity index (χ2n) is 2.74. The van der Waals surface area contributed by atoms with Gasteiger partial charge in [-0.25, -0.2) is 0 Å². The van der Waals surface area contributed by atoms with Crippen LogP contribution in [0.1, 0.15) is 25.7 Å². The topological polar surface area (TPSA) is 56.7 Å². The van der Waals surface area contributed by atoms with E-state index < -0.39 is 0 Å². The normalized spacial score (nSPS) is 9.83. The van der Waals surface area contributed by atoms with E-state index in [9.17, 15) is 4.79 Å². The first-order valence-corrected chi connectivity index (χ1v) is 5.11. The van der Waals surface area contributed by atoms with Crippen LogP contribution < -0.4 is 11.1 Å². The van der Waals surface area contributed by atoms with Crippen molar-refractivity contribution < 1.29 is 10.5 Å². The van der Waals surface area contributed by atoms with E-state index in [1.54, 1.807) is 0 Å². The third-order valence-electron chi connectivity index (χ3n) is 1.59. The van der Waals surface area contributed by atoms with Crippen molar-refractivity contribution in [3.8, 4) is 0 Å². The van der Waals surface area contributed by atoms with Crippen molar-refractivity contribution in [1.29, 1.82) is 0 Å². The number of amides is 1. The number of unbranched alkanes of at least 4 members (excludes halogenated alkanes) is 2. The molecule has 0 saturated heterocycles. The average Bonchev–Trinajstić information content (AvgIpc) is 2.09. The maximum absolute atomic E-state index is 11.0. The zero-order valence-corrected chi connectivity index (χ0v) is 8.41. The summed E-state index contributed by atoms with van der Waals surface area (Å²) in [7, 11) is 0. The standard InChI is InChI=1S/C8H18N2OS/c9-5-3-1-2-4-8(11)10-6-7-12/h12H,1-7,9H2,(H,10,11)/p+1. The third-order valence-corrected chi connectivity index (χ3v) is 1.81. The summed E-state index contributed by atoms with van der Waals surface area (Å²) in [5.41, 5.74) is 3.74. The van der Waals surface area contributed by atoms with Crippen LogP contribution in [0.3, 0.4) is 0 Å². The fourth-order valence-electron chi connectivity index (χ4n) is 0.923. The van der Waals surface area contributed by atoms with Gasteiger partial charge in [0, 0.05) is 18.7 Å². The van der Waals surface area contributed by atoms with E-state index in [0.717, 1.165) is 25.8 Å². The van der Waals surface area contributed by atoms with Gasteiger partial charge in [0.25, 0.3) is 0 Å². The predicted molar refractivity (Wildman–Crippen MR) is 53.1 cm³/mol. The Kier molecular flexibility index (Phi) is 8.71. The molecule has 0 atom stereocenters. The largest absolute Gasteiger partial charge is 0.358 e. The zero-order valence-electron chi connectivity index (χ0n) is 7.51. The summed E-state index contributed by atoms with van der Waals surface area (Å²) >= 11 is 4.00. The van der Waals surface area contributed by atoms with E-state index in [1.807, 2.05) is 0 Å². The number of thiol groups is 1. The Morgan fingerprint density at radius 3 is 2.67 bits per heavy atom. The van der Waals surface area contributed by atoms with E-state index in [-0.39, 0.29) is 5.91 Å². The van der Waals surface area contributed by atoms with Gasteiger partial charge in [-0.1, -0.05) is 0 Å². The van der Waals surface area contributed by atoms with E-state index in [1.165, 1.54) is 0 Å². The minimum Gasteiger partial charge on any atom is -0.358 e. The Hall–Kier alpha value is -0.220. The Morgan fingerprint density at radius 1 is 1.33 bits per heavy atom. The first-order valence-electron chi connectivity index (χ1n) is 4.48. The Bertz CT molecular complexity index is 120. The number of carbonyl (C=O) groups excluding carboxylic acids is 1. The van der Waals surface area contributed by atoms with Gasteiger partial charge in [0.1, 0.15) is 0 Å². The molecule has 0 heterocycles. The van der Waals surface area contributed by atoms with Crippen LogP contribution in [0.15, 0.2) is 0 Å². The number of hydrogen-bond donors (Lipinski definition) is 3. The molecule has 12 heavy (non-hydrogen) atoms. The lowest BCUT2D eigenvalue weighted by atomic mass is 10.2. The molecule has 0 aromatic heterocycles. The minimum absolute atomic E-state index is 0.146. The van der Waals surface area contributed by atoms with Crippen molar-refractivity contribution in [3.63, 3.8) is 0 Å². The van der Waals surface area contributed by atoms with E-state index >= 15 is 0 Å². The summed E-state index contributed by atoms with van der Waals surface area (Å²) in [6, 6.07) is 0. The molecule has 4 heteroatoms. The van der Waals surface area contributed by atoms with Crippen molar-refractivity contribution in [2.75, 3.05) is 18.8 Å². The van der Waals surface area contributed by atoms with Crippen LogP contribution in [0, 0.1) is 0 Å². The average molecular weight is 191 g/mol. The fourth-order valence-corrected chi connectivity index (χ4v) is 1.03. The molecule has 0 radical (unpaired) electrons. The van der Waals surface area contributed by atoms with E-state index in [2.05, 4.69) is 23.7 Å². The van der Waals surface area contributed by atoms with E-state index in [4.69, 9.17) is 0 Å². The summed E-state index contributed by atoms with van der Waals surface area (Å²) in [6.45, 7) is 1.65. The molecule has 72 valence electrons. The number of rotatable bonds is 7. The number of carbonyl (C=O) groups is 1. The summed E-state index contributed by atoms with van der Waals surface area (Å²) in [5, 5.41) is 2.78. The maximum atomic E-state index is 11.0. The highest BCUT2D eigenvalue weighted by atomic mass is 32.1. The number of hydrogen-bond acceptors (Lipinski definition) is 2. The van der Waals surface area contributed by atoms with Crippen molar-refractivity contribution >= 4 is 18.5 Å². The minimum atomic E-state index is 0.146. The van der Waals surface area contributed by atoms with Crippen molar-refractivity contribution in [2.45, 2.75) is 25.7 Å². The predicted octanol–water partition coefficient (Wildman–Crippen LogP) is -0.165. The molecule has 0 fully saturated rings. The fraction of sp³-hybridized carbons (Fsp3) is 0.875. The second kappa shape index (κ2) is 8.87. The van der Waals surface area contributed by atoms with Gasteiger partial charge >= 0.3 is 0 Å². The lowest BCUT2D eigenvalue weighted by Crippen LogP contribution is -2.50. The molecular weight excluding hydrogens is 172 g/mol. The van der Waals surface area contributed by atoms with Gasteiger partial charge in [-0.2, -0.15) is 12.6 Å². The van der Waals surface area contributed by atoms with Crippen LogP contribution in [0.25, 0.3) is 0 Å². The summed E-state index contributed by atoms with van der Waals surface area (Å²) in [6.07, 6.45) is 3.86. The molecule has 0 aliphatic rings. The lowest BCUT2D eigenvalue weighted by Gasteiger charge is -2.01. The Labute approximate surface area is 79.5 Å². The van der Waals surface area contributed by atoms with Gasteiger partial charge in [-0.3, -0.25) is 4.79 Å². The molecule has 0 aliphatic heterocycles. The second-order valence-corrected chi connectivity index (χ2v) is 3.18. The molecule has 0 aromatic carbocycles. The first-order chi connectivity index (χ1) is 5.81. The van der Waals surface area contributed by atoms with Crippen LogP contribution in [0.5, 0.6) is 0 Å². The summed E-state index contributed by atoms with van der Waals surface area (Å²) in [4.78, 5) is 11.0. The summed E-state index contributed by atoms with van der Waals surface area (Å²) < 4.78 is 0. The molecular formula is C8H19N2OS+. The van der Waals surface area contributed by atoms with Gasteiger partial charge in [0.05, 0.1) is 6.54 Å². The lowest BCUT2D eigenvalue weighted by molar-refractivity contribution is -0.368. The first kappa shape index (κ1) is 11.8. The Balaban J connectivity index is 3.08. The molecule has 0 saturated carbocycles. The quantitative estimate of drug-likeness (QED) is 0.380. The van der Waals surface area contributed by atoms with Crippen LogP contribution in [-0.2, 0) is 4.79 Å². The monoisotopic (exact) mass is 191 g/mol. The van der Waals surface area contributed by atoms with Crippen molar-refractivity contribution in [2.24, 2.45) is 0 Å². The molecule has 4 N–H and O–H groups in total. The molecule has 0 aromatic rings. The highest BCUT2D eigenvalue weighted by Crippen LogP contribution is 1.97. The van der Waals surface area contributed by atoms with Crippen LogP contribution in [0.2, 0.25) is 0 Å². The van der Waals surface area contributed by atoms with Crippen molar-refractivity contribution in [1.82, 2.24) is 5.32 Å². The molecule has 0 aliphatic carbocycles. The molecule has 3 nitrogen and oxygen atoms in total. The van der Waals surface area contributed by atoms with Gasteiger partial charge < -0.3 is 11.1 Å². The van der Waals surface area contributed by atoms with Gasteiger partial charge in [0.2, 0.25) is 5.91 Å². The van der Waals surface area contributed by atoms with Crippen LogP contribution in [0.4, 0.5) is 0 Å². The Morgan fingerprint density at radius 2 is 2.08 bits per heavy atom. The number of quaternary nitrogens is 1. The van der Waals surface area contributed by atoms with Crippen LogP contribution in [-0.4, -0.2) is 24.7 Å². The van der Waals surface area contributed by atoms with E-state index in [0.29, 0.717) is 18.7 Å². The third kappa shape index (κ3) is 7.88. The van der Waals surface area contributed by atoms with Gasteiger partial charge in [-0.15, -0.1) is 0 Å². The zero-order chi connectivity index (χ0) is 9.23. The molecule has 0 spiro atoms. The maximum Gasteiger partial charge on any atom is 0.220 e. The SMILES string of the molecule is [NH3+]CCCCCC(=O)NCCS. The van der Waals surface area contributed by atoms with Crippen LogP contribution >= 0.6 is 12.6 Å².